The van der Waals surface area contributed by atoms with E-state index in [2.05, 4.69) is 91.3 Å². The van der Waals surface area contributed by atoms with Crippen molar-refractivity contribution in [1.82, 2.24) is 116 Å². The lowest BCUT2D eigenvalue weighted by Gasteiger charge is -2.41. The zero-order valence-electron chi connectivity index (χ0n) is 62.8. The molecule has 1 amide bonds. The zero-order valence-corrected chi connectivity index (χ0v) is 69.7. The molecule has 12 aromatic heterocycles. The number of hydrogen-bond acceptors (Lipinski definition) is 23. The molecule has 113 heavy (non-hydrogen) atoms. The Labute approximate surface area is 690 Å². The van der Waals surface area contributed by atoms with Gasteiger partial charge >= 0.3 is 0 Å². The van der Waals surface area contributed by atoms with E-state index >= 15 is 0 Å². The summed E-state index contributed by atoms with van der Waals surface area (Å²) in [6.45, 7) is 13.9. The van der Waals surface area contributed by atoms with E-state index in [1.165, 1.54) is 10.6 Å². The minimum absolute atomic E-state index is 0.0259. The topological polar surface area (TPSA) is 325 Å². The summed E-state index contributed by atoms with van der Waals surface area (Å²) in [5, 5.41) is 38.0. The first kappa shape index (κ1) is 80.3. The first-order valence-electron chi connectivity index (χ1n) is 37.1. The molecule has 0 atom stereocenters. The maximum Gasteiger partial charge on any atom is 0.229 e. The SMILES string of the molecule is CC(C)C(=O)N1CCC(n2cc(Nc3ncc4c(Cl)cn(C)c4n3)c(Cl)n2)CC1.Cn1cc(Cl)c2cnc(Nc3cn(C4CCN(S(C)(=O)=O)CC4)nc3Cl)nc21.Cn1cc(Cl)c2cnc(Nc3cnn(C4CCN(C5COC5)CC4)c3Cl)nc21.Cn1cc(Cl)c2cnc(Nc3cnn(C4CCN(C5COC5)CC4)c3Cl)nc21. The highest BCUT2D eigenvalue weighted by molar-refractivity contribution is 7.88. The smallest absolute Gasteiger partial charge is 0.229 e. The summed E-state index contributed by atoms with van der Waals surface area (Å²) < 4.78 is 50.3. The van der Waals surface area contributed by atoms with Crippen LogP contribution in [-0.2, 0) is 52.5 Å². The second kappa shape index (κ2) is 34.1. The summed E-state index contributed by atoms with van der Waals surface area (Å²) in [5.41, 5.74) is 5.61. The number of likely N-dealkylation sites (tertiary alicyclic amines) is 3. The summed E-state index contributed by atoms with van der Waals surface area (Å²) in [6.07, 6.45) is 29.5. The zero-order chi connectivity index (χ0) is 79.3. The molecule has 0 unspecified atom stereocenters. The van der Waals surface area contributed by atoms with Crippen molar-refractivity contribution < 1.29 is 22.7 Å². The fourth-order valence-corrected chi connectivity index (χ4v) is 17.7. The number of ether oxygens (including phenoxy) is 2. The molecule has 6 aliphatic rings. The molecule has 0 spiro atoms. The number of nitrogens with one attached hydrogen (secondary N) is 4. The van der Waals surface area contributed by atoms with Gasteiger partial charge in [0.25, 0.3) is 0 Å². The number of amides is 1. The van der Waals surface area contributed by atoms with Crippen LogP contribution in [0, 0.1) is 5.92 Å². The van der Waals surface area contributed by atoms with Crippen LogP contribution in [0.4, 0.5) is 46.5 Å². The van der Waals surface area contributed by atoms with E-state index in [0.29, 0.717) is 143 Å². The van der Waals surface area contributed by atoms with Crippen molar-refractivity contribution in [2.24, 2.45) is 34.1 Å². The number of hydrogen-bond donors (Lipinski definition) is 4. The number of piperidine rings is 4. The number of carbonyl (C=O) groups is 1. The first-order valence-corrected chi connectivity index (χ1v) is 41.9. The Balaban J connectivity index is 0.000000119. The predicted molar refractivity (Wildman–Crippen MR) is 439 cm³/mol. The molecule has 6 fully saturated rings. The normalized spacial score (nSPS) is 17.6. The number of anilines is 8. The molecule has 0 aromatic carbocycles. The average Bonchev–Trinajstić information content (AvgIpc) is 1.62. The summed E-state index contributed by atoms with van der Waals surface area (Å²) in [4.78, 5) is 54.5. The van der Waals surface area contributed by atoms with Crippen LogP contribution >= 0.6 is 92.8 Å². The van der Waals surface area contributed by atoms with Crippen LogP contribution in [0.3, 0.4) is 0 Å². The maximum atomic E-state index is 12.2. The number of aromatic nitrogens is 20. The quantitative estimate of drug-likeness (QED) is 0.0698. The lowest BCUT2D eigenvalue weighted by Crippen LogP contribution is -2.51. The van der Waals surface area contributed by atoms with Crippen molar-refractivity contribution in [3.8, 4) is 0 Å². The van der Waals surface area contributed by atoms with Gasteiger partial charge in [0.2, 0.25) is 39.7 Å². The third kappa shape index (κ3) is 17.6. The van der Waals surface area contributed by atoms with E-state index in [0.717, 1.165) is 143 Å². The number of aryl methyl sites for hydroxylation is 4. The first-order chi connectivity index (χ1) is 54.2. The lowest BCUT2D eigenvalue weighted by atomic mass is 10.0. The van der Waals surface area contributed by atoms with E-state index in [9.17, 15) is 13.2 Å². The number of rotatable bonds is 16. The molecule has 6 saturated heterocycles. The average molecular weight is 1730 g/mol. The van der Waals surface area contributed by atoms with Crippen molar-refractivity contribution in [2.45, 2.75) is 101 Å². The van der Waals surface area contributed by atoms with Gasteiger partial charge in [-0.25, -0.2) is 42.0 Å². The highest BCUT2D eigenvalue weighted by atomic mass is 35.5. The molecule has 0 bridgehead atoms. The van der Waals surface area contributed by atoms with Gasteiger partial charge < -0.3 is 53.9 Å². The van der Waals surface area contributed by atoms with Crippen LogP contribution in [0.5, 0.6) is 0 Å². The molecule has 42 heteroatoms. The number of fused-ring (bicyclic) bond motifs is 4. The Kier molecular flexibility index (Phi) is 24.2. The van der Waals surface area contributed by atoms with E-state index in [4.69, 9.17) is 102 Å². The van der Waals surface area contributed by atoms with Crippen LogP contribution in [0.2, 0.25) is 40.7 Å². The van der Waals surface area contributed by atoms with Crippen LogP contribution in [0.15, 0.2) is 74.4 Å². The van der Waals surface area contributed by atoms with Crippen molar-refractivity contribution in [2.75, 3.05) is 106 Å². The molecule has 0 radical (unpaired) electrons. The second-order valence-corrected chi connectivity index (χ2v) is 34.4. The molecule has 0 saturated carbocycles. The number of nitrogens with zero attached hydrogens (tertiary/aromatic N) is 24. The predicted octanol–water partition coefficient (Wildman–Crippen LogP) is 13.3. The summed E-state index contributed by atoms with van der Waals surface area (Å²) in [7, 11) is 4.39. The third-order valence-corrected chi connectivity index (χ3v) is 25.2. The summed E-state index contributed by atoms with van der Waals surface area (Å²) >= 11 is 50.6. The molecule has 12 aromatic rings. The van der Waals surface area contributed by atoms with Gasteiger partial charge in [-0.15, -0.1) is 0 Å². The Morgan fingerprint density at radius 3 is 1.04 bits per heavy atom. The van der Waals surface area contributed by atoms with Crippen molar-refractivity contribution >= 4 is 199 Å². The summed E-state index contributed by atoms with van der Waals surface area (Å²) in [5.74, 6) is 1.97. The number of sulfonamides is 1. The molecule has 6 aliphatic heterocycles. The van der Waals surface area contributed by atoms with Crippen LogP contribution in [0.1, 0.15) is 89.4 Å². The largest absolute Gasteiger partial charge is 0.378 e. The highest BCUT2D eigenvalue weighted by Crippen LogP contribution is 2.38. The van der Waals surface area contributed by atoms with Crippen LogP contribution in [0.25, 0.3) is 44.1 Å². The van der Waals surface area contributed by atoms with Gasteiger partial charge in [-0.2, -0.15) is 40.3 Å². The van der Waals surface area contributed by atoms with Gasteiger partial charge in [-0.3, -0.25) is 24.0 Å². The lowest BCUT2D eigenvalue weighted by molar-refractivity contribution is -0.135. The highest BCUT2D eigenvalue weighted by Gasteiger charge is 2.35. The minimum atomic E-state index is -3.16. The number of carbonyl (C=O) groups excluding carboxylic acids is 1. The summed E-state index contributed by atoms with van der Waals surface area (Å²) in [6, 6.07) is 2.06. The fraction of sp³-hybridized carbons (Fsp3) is 0.479. The van der Waals surface area contributed by atoms with Crippen LogP contribution < -0.4 is 21.3 Å². The van der Waals surface area contributed by atoms with Gasteiger partial charge in [-0.1, -0.05) is 107 Å². The molecule has 4 N–H and O–H groups in total. The van der Waals surface area contributed by atoms with E-state index in [1.807, 2.05) is 97.8 Å². The van der Waals surface area contributed by atoms with Crippen molar-refractivity contribution in [1.29, 1.82) is 0 Å². The molecule has 18 rings (SSSR count). The standard InChI is InChI=1S/C19H23Cl2N7O.2C18H21Cl2N7O.C16H19Cl2N7O2S/c1-11(2)18(29)27-6-4-12(5-7-27)28-10-15(16(21)25-28)23-19-22-8-13-14(20)9-26(3)17(13)24-19;2*1-25-8-14(19)13-6-21-18(24-17(13)25)23-15-7-22-27(16(15)20)11-2-4-26(5-3-11)12-9-28-10-12;1-23-8-12(17)11-7-19-16(21-15(11)23)20-13-9-25(22-14(13)18)10-3-5-24(6-4-10)28(2,26)27/h8-12H,4-7H2,1-3H3,(H,22,23,24);2*6-8,11-12H,2-5,9-10H2,1H3,(H,21,23,24);7-10H,3-6H2,1-2H3,(H,19,20,21). The van der Waals surface area contributed by atoms with Gasteiger partial charge in [-0.05, 0) is 51.4 Å². The Bertz CT molecular complexity index is 5380. The Morgan fingerprint density at radius 1 is 0.425 bits per heavy atom. The van der Waals surface area contributed by atoms with E-state index in [-0.39, 0.29) is 23.9 Å². The van der Waals surface area contributed by atoms with Crippen molar-refractivity contribution in [3.05, 3.63) is 115 Å². The fourth-order valence-electron chi connectivity index (χ4n) is 14.8. The third-order valence-electron chi connectivity index (χ3n) is 21.4. The maximum absolute atomic E-state index is 12.2. The van der Waals surface area contributed by atoms with Crippen molar-refractivity contribution in [3.63, 3.8) is 0 Å². The molecule has 600 valence electrons. The molecule has 33 nitrogen and oxygen atoms in total. The molecular formula is C71H84Cl8N28O5S. The molecule has 18 heterocycles. The molecular weight excluding hydrogens is 1640 g/mol. The van der Waals surface area contributed by atoms with E-state index < -0.39 is 10.0 Å². The van der Waals surface area contributed by atoms with Gasteiger partial charge in [0.15, 0.2) is 20.6 Å². The second-order valence-electron chi connectivity index (χ2n) is 29.3. The minimum Gasteiger partial charge on any atom is -0.378 e. The Morgan fingerprint density at radius 2 is 0.735 bits per heavy atom. The van der Waals surface area contributed by atoms with Gasteiger partial charge in [0.1, 0.15) is 22.6 Å². The van der Waals surface area contributed by atoms with E-state index in [1.54, 1.807) is 60.5 Å². The number of halogens is 8. The van der Waals surface area contributed by atoms with Crippen LogP contribution in [-0.4, -0.2) is 228 Å². The van der Waals surface area contributed by atoms with Gasteiger partial charge in [0, 0.05) is 136 Å². The Hall–Kier alpha value is -7.94. The monoisotopic (exact) mass is 1720 g/mol. The van der Waals surface area contributed by atoms with Gasteiger partial charge in [0.05, 0.1) is 158 Å². The molecule has 0 aliphatic carbocycles.